The molecule has 7 heterocycles. The molecule has 2 amide bonds. The van der Waals surface area contributed by atoms with E-state index in [9.17, 15) is 14.7 Å². The molecule has 12 nitrogen and oxygen atoms in total. The highest BCUT2D eigenvalue weighted by Crippen LogP contribution is 2.61. The fourth-order valence-electron chi connectivity index (χ4n) is 8.42. The molecule has 3 aromatic carbocycles. The average molecular weight is 697 g/mol. The first-order valence-electron chi connectivity index (χ1n) is 17.7. The number of aliphatic hydroxyl groups is 1. The van der Waals surface area contributed by atoms with E-state index in [2.05, 4.69) is 45.2 Å². The zero-order chi connectivity index (χ0) is 35.6. The predicted octanol–water partition coefficient (Wildman–Crippen LogP) is 5.81. The molecule has 12 heteroatoms. The summed E-state index contributed by atoms with van der Waals surface area (Å²) in [7, 11) is 0. The lowest BCUT2D eigenvalue weighted by molar-refractivity contribution is -0.135. The van der Waals surface area contributed by atoms with E-state index in [1.54, 1.807) is 20.0 Å². The molecule has 3 aromatic heterocycles. The third-order valence-electron chi connectivity index (χ3n) is 11.0. The lowest BCUT2D eigenvalue weighted by atomic mass is 9.72. The van der Waals surface area contributed by atoms with Crippen molar-refractivity contribution in [2.24, 2.45) is 11.8 Å². The van der Waals surface area contributed by atoms with E-state index < -0.39 is 41.6 Å². The highest BCUT2D eigenvalue weighted by molar-refractivity contribution is 6.07. The molecule has 0 radical (unpaired) electrons. The van der Waals surface area contributed by atoms with Gasteiger partial charge in [-0.05, 0) is 35.1 Å². The molecule has 3 unspecified atom stereocenters. The van der Waals surface area contributed by atoms with Gasteiger partial charge in [0.15, 0.2) is 23.4 Å². The summed E-state index contributed by atoms with van der Waals surface area (Å²) in [6.45, 7) is 7.44. The van der Waals surface area contributed by atoms with Crippen LogP contribution in [0.2, 0.25) is 0 Å². The topological polar surface area (TPSA) is 168 Å². The second-order valence-electron chi connectivity index (χ2n) is 14.9. The van der Waals surface area contributed by atoms with Crippen LogP contribution in [0.1, 0.15) is 62.1 Å². The van der Waals surface area contributed by atoms with E-state index in [1.807, 2.05) is 50.4 Å². The Morgan fingerprint density at radius 2 is 1.83 bits per heavy atom. The normalized spacial score (nSPS) is 22.6. The Morgan fingerprint density at radius 1 is 1.00 bits per heavy atom. The van der Waals surface area contributed by atoms with Crippen LogP contribution in [0, 0.1) is 11.8 Å². The number of rotatable bonds is 4. The van der Waals surface area contributed by atoms with Crippen LogP contribution in [-0.2, 0) is 21.4 Å². The standard InChI is InChI=1S/C40H36N6O6/c1-17(2)30-38-45-32-34(52-38)40-23-9-5-8-21(20-7-6-10-25-29(20)22(15-41-25)28-16-42-37(32)50-28)31(23)46-39(40)51-27-12-11-19(13-24(27)40)14-26(35(48)44-30)43-36(49)33(47)18(3)4/h5-13,15-18,26,30,33,39,41,46-47H,14H2,1-4H3,(H,43,49)(H,44,48)/t26-,30-,33?,39?,40?/m0/s1. The number of fused-ring (bicyclic) bond motifs is 7. The number of benzene rings is 3. The second kappa shape index (κ2) is 10.8. The predicted molar refractivity (Wildman–Crippen MR) is 191 cm³/mol. The zero-order valence-corrected chi connectivity index (χ0v) is 28.9. The summed E-state index contributed by atoms with van der Waals surface area (Å²) in [5.41, 5.74) is 6.61. The maximum absolute atomic E-state index is 14.1. The maximum Gasteiger partial charge on any atom is 0.249 e. The molecule has 262 valence electrons. The molecular formula is C40H36N6O6. The summed E-state index contributed by atoms with van der Waals surface area (Å²) in [5.74, 6) is 0.694. The van der Waals surface area contributed by atoms with E-state index in [4.69, 9.17) is 23.5 Å². The van der Waals surface area contributed by atoms with Gasteiger partial charge in [0.25, 0.3) is 0 Å². The highest BCUT2D eigenvalue weighted by Gasteiger charge is 2.61. The van der Waals surface area contributed by atoms with Gasteiger partial charge in [-0.25, -0.2) is 9.97 Å². The molecule has 0 fully saturated rings. The zero-order valence-electron chi connectivity index (χ0n) is 28.9. The Kier molecular flexibility index (Phi) is 6.43. The fraction of sp³-hybridized carbons (Fsp3) is 0.300. The van der Waals surface area contributed by atoms with Crippen LogP contribution in [0.5, 0.6) is 5.75 Å². The largest absolute Gasteiger partial charge is 0.469 e. The smallest absolute Gasteiger partial charge is 0.249 e. The number of nitrogens with zero attached hydrogens (tertiary/aromatic N) is 2. The molecule has 0 saturated heterocycles. The van der Waals surface area contributed by atoms with Crippen molar-refractivity contribution in [3.05, 3.63) is 95.3 Å². The average Bonchev–Trinajstić information content (AvgIpc) is 3.95. The van der Waals surface area contributed by atoms with Crippen molar-refractivity contribution >= 4 is 28.4 Å². The number of ether oxygens (including phenoxy) is 1. The highest BCUT2D eigenvalue weighted by atomic mass is 16.5. The van der Waals surface area contributed by atoms with E-state index >= 15 is 0 Å². The quantitative estimate of drug-likeness (QED) is 0.153. The fourth-order valence-corrected chi connectivity index (χ4v) is 8.42. The molecule has 10 bridgehead atoms. The molecule has 5 atom stereocenters. The first kappa shape index (κ1) is 30.9. The van der Waals surface area contributed by atoms with Gasteiger partial charge >= 0.3 is 0 Å². The number of carbonyl (C=O) groups is 2. The van der Waals surface area contributed by atoms with Crippen LogP contribution in [0.4, 0.5) is 5.69 Å². The number of para-hydroxylation sites is 1. The van der Waals surface area contributed by atoms with Crippen LogP contribution < -0.4 is 20.7 Å². The van der Waals surface area contributed by atoms with Crippen molar-refractivity contribution in [1.29, 1.82) is 0 Å². The van der Waals surface area contributed by atoms with Crippen LogP contribution in [0.15, 0.2) is 75.8 Å². The Balaban J connectivity index is 1.28. The van der Waals surface area contributed by atoms with Gasteiger partial charge in [0.1, 0.15) is 29.4 Å². The second-order valence-corrected chi connectivity index (χ2v) is 14.9. The minimum atomic E-state index is -1.28. The molecule has 1 spiro atoms. The van der Waals surface area contributed by atoms with Crippen molar-refractivity contribution < 1.29 is 28.3 Å². The summed E-state index contributed by atoms with van der Waals surface area (Å²) in [4.78, 5) is 40.6. The number of aromatic amines is 1. The van der Waals surface area contributed by atoms with Crippen LogP contribution in [0.25, 0.3) is 44.9 Å². The molecule has 0 aliphatic carbocycles. The Hall–Kier alpha value is -5.88. The minimum absolute atomic E-state index is 0.169. The van der Waals surface area contributed by atoms with Gasteiger partial charge in [-0.3, -0.25) is 9.59 Å². The maximum atomic E-state index is 14.1. The van der Waals surface area contributed by atoms with Gasteiger partial charge < -0.3 is 39.6 Å². The van der Waals surface area contributed by atoms with Gasteiger partial charge in [-0.1, -0.05) is 70.2 Å². The number of H-pyrrole nitrogens is 1. The SMILES string of the molecule is CC(C)C(O)C(=O)N[C@H]1Cc2ccc3c(c2)C24c5cccc(c5NC2O3)-c2cccc3[nH]cc(c23)-c2cnc(o2)-c2nc(oc24)[C@H](C(C)C)NC1=O. The molecule has 4 aliphatic rings. The first-order valence-corrected chi connectivity index (χ1v) is 17.7. The molecular weight excluding hydrogens is 660 g/mol. The number of hydrogen-bond donors (Lipinski definition) is 5. The Morgan fingerprint density at radius 3 is 2.65 bits per heavy atom. The Bertz CT molecular complexity index is 2480. The van der Waals surface area contributed by atoms with Gasteiger partial charge in [0.05, 0.1) is 6.20 Å². The van der Waals surface area contributed by atoms with Crippen LogP contribution in [0.3, 0.4) is 0 Å². The molecule has 5 N–H and O–H groups in total. The van der Waals surface area contributed by atoms with Gasteiger partial charge in [-0.2, -0.15) is 0 Å². The minimum Gasteiger partial charge on any atom is -0.469 e. The molecule has 6 aromatic rings. The van der Waals surface area contributed by atoms with Crippen LogP contribution in [-0.4, -0.2) is 50.2 Å². The van der Waals surface area contributed by atoms with Crippen molar-refractivity contribution in [2.45, 2.75) is 63.9 Å². The lowest BCUT2D eigenvalue weighted by Crippen LogP contribution is -2.52. The number of amides is 2. The third kappa shape index (κ3) is 4.12. The van der Waals surface area contributed by atoms with Gasteiger partial charge in [0.2, 0.25) is 23.6 Å². The number of nitrogens with one attached hydrogen (secondary N) is 4. The molecule has 4 aliphatic heterocycles. The first-order chi connectivity index (χ1) is 25.1. The van der Waals surface area contributed by atoms with E-state index in [0.29, 0.717) is 23.0 Å². The van der Waals surface area contributed by atoms with E-state index in [-0.39, 0.29) is 30.0 Å². The third-order valence-corrected chi connectivity index (χ3v) is 11.0. The summed E-state index contributed by atoms with van der Waals surface area (Å²) in [5, 5.41) is 21.3. The summed E-state index contributed by atoms with van der Waals surface area (Å²) in [6.07, 6.45) is 1.90. The van der Waals surface area contributed by atoms with Gasteiger partial charge in [-0.15, -0.1) is 0 Å². The summed E-state index contributed by atoms with van der Waals surface area (Å²) >= 11 is 0. The van der Waals surface area contributed by atoms with Crippen molar-refractivity contribution in [3.63, 3.8) is 0 Å². The Labute approximate surface area is 298 Å². The van der Waals surface area contributed by atoms with E-state index in [1.165, 1.54) is 0 Å². The van der Waals surface area contributed by atoms with Crippen molar-refractivity contribution in [3.8, 4) is 39.8 Å². The lowest BCUT2D eigenvalue weighted by Gasteiger charge is -2.29. The number of oxazole rings is 2. The van der Waals surface area contributed by atoms with Crippen LogP contribution >= 0.6 is 0 Å². The number of hydrogen-bond acceptors (Lipinski definition) is 9. The summed E-state index contributed by atoms with van der Waals surface area (Å²) in [6, 6.07) is 16.6. The summed E-state index contributed by atoms with van der Waals surface area (Å²) < 4.78 is 20.4. The van der Waals surface area contributed by atoms with Gasteiger partial charge in [0, 0.05) is 51.5 Å². The van der Waals surface area contributed by atoms with E-state index in [0.717, 1.165) is 50.0 Å². The van der Waals surface area contributed by atoms with Crippen molar-refractivity contribution in [2.75, 3.05) is 5.32 Å². The number of anilines is 1. The monoisotopic (exact) mass is 696 g/mol. The molecule has 10 rings (SSSR count). The van der Waals surface area contributed by atoms with Crippen molar-refractivity contribution in [1.82, 2.24) is 25.6 Å². The molecule has 0 saturated carbocycles. The molecule has 52 heavy (non-hydrogen) atoms. The number of aliphatic hydroxyl groups excluding tert-OH is 1. The number of carbonyl (C=O) groups excluding carboxylic acids is 2. The number of aromatic nitrogens is 3.